The molecule has 0 N–H and O–H groups in total. The molecule has 0 radical (unpaired) electrons. The van der Waals surface area contributed by atoms with E-state index in [1.54, 1.807) is 41.1 Å². The number of thiazole rings is 1. The van der Waals surface area contributed by atoms with Gasteiger partial charge in [0.25, 0.3) is 0 Å². The lowest BCUT2D eigenvalue weighted by molar-refractivity contribution is -0.118. The molecular weight excluding hydrogens is 500 g/mol. The molecule has 0 aliphatic rings. The van der Waals surface area contributed by atoms with E-state index in [9.17, 15) is 13.2 Å². The molecule has 2 heterocycles. The van der Waals surface area contributed by atoms with Crippen LogP contribution in [-0.4, -0.2) is 31.3 Å². The monoisotopic (exact) mass is 520 g/mol. The molecule has 0 saturated carbocycles. The molecule has 0 fully saturated rings. The molecule has 2 aromatic carbocycles. The maximum Gasteiger partial charge on any atom is 0.229 e. The molecule has 0 aliphatic heterocycles. The fraction of sp³-hybridized carbons (Fsp3) is 0.217. The van der Waals surface area contributed by atoms with Crippen LogP contribution in [0.3, 0.4) is 0 Å². The third-order valence-electron chi connectivity index (χ3n) is 4.82. The van der Waals surface area contributed by atoms with Gasteiger partial charge in [-0.3, -0.25) is 9.69 Å². The Bertz CT molecular complexity index is 1350. The van der Waals surface area contributed by atoms with Crippen molar-refractivity contribution in [2.75, 3.05) is 16.9 Å². The van der Waals surface area contributed by atoms with Crippen molar-refractivity contribution in [3.05, 3.63) is 71.6 Å². The first-order valence-corrected chi connectivity index (χ1v) is 14.2. The van der Waals surface area contributed by atoms with E-state index >= 15 is 0 Å². The van der Waals surface area contributed by atoms with E-state index in [-0.39, 0.29) is 17.3 Å². The van der Waals surface area contributed by atoms with Crippen LogP contribution in [0.15, 0.2) is 75.1 Å². The van der Waals surface area contributed by atoms with Crippen molar-refractivity contribution >= 4 is 65.8 Å². The number of benzene rings is 2. The van der Waals surface area contributed by atoms with Crippen molar-refractivity contribution in [1.82, 2.24) is 4.98 Å². The van der Waals surface area contributed by atoms with Gasteiger partial charge in [0.05, 0.1) is 27.9 Å². The van der Waals surface area contributed by atoms with Gasteiger partial charge in [0.2, 0.25) is 5.91 Å². The predicted octanol–water partition coefficient (Wildman–Crippen LogP) is 6.05. The summed E-state index contributed by atoms with van der Waals surface area (Å²) in [7, 11) is -3.33. The van der Waals surface area contributed by atoms with Crippen molar-refractivity contribution in [1.29, 1.82) is 0 Å². The minimum Gasteiger partial charge on any atom is -0.467 e. The maximum atomic E-state index is 13.2. The minimum atomic E-state index is -3.33. The van der Waals surface area contributed by atoms with E-state index < -0.39 is 9.84 Å². The normalized spacial score (nSPS) is 11.7. The van der Waals surface area contributed by atoms with Crippen LogP contribution in [0.2, 0.25) is 5.02 Å². The number of halogens is 1. The van der Waals surface area contributed by atoms with Gasteiger partial charge >= 0.3 is 0 Å². The first-order valence-electron chi connectivity index (χ1n) is 10.1. The third-order valence-corrected chi connectivity index (χ3v) is 8.32. The van der Waals surface area contributed by atoms with Gasteiger partial charge in [-0.25, -0.2) is 13.4 Å². The number of amides is 1. The van der Waals surface area contributed by atoms with Crippen LogP contribution >= 0.6 is 34.7 Å². The van der Waals surface area contributed by atoms with Gasteiger partial charge in [0.15, 0.2) is 15.0 Å². The second-order valence-electron chi connectivity index (χ2n) is 7.36. The van der Waals surface area contributed by atoms with Crippen molar-refractivity contribution in [2.45, 2.75) is 29.2 Å². The number of carbonyl (C=O) groups is 1. The van der Waals surface area contributed by atoms with Crippen molar-refractivity contribution < 1.29 is 17.6 Å². The highest BCUT2D eigenvalue weighted by atomic mass is 35.5. The first-order chi connectivity index (χ1) is 15.8. The van der Waals surface area contributed by atoms with Crippen molar-refractivity contribution in [2.24, 2.45) is 0 Å². The molecule has 2 aromatic heterocycles. The highest BCUT2D eigenvalue weighted by molar-refractivity contribution is 7.99. The molecular formula is C23H21ClN2O4S3. The van der Waals surface area contributed by atoms with Crippen LogP contribution in [0, 0.1) is 0 Å². The first kappa shape index (κ1) is 23.8. The number of furan rings is 1. The fourth-order valence-corrected chi connectivity index (χ4v) is 5.86. The molecule has 0 unspecified atom stereocenters. The number of hydrogen-bond acceptors (Lipinski definition) is 7. The summed E-state index contributed by atoms with van der Waals surface area (Å²) in [6, 6.07) is 16.0. The summed E-state index contributed by atoms with van der Waals surface area (Å²) < 4.78 is 30.0. The number of fused-ring (bicyclic) bond motifs is 1. The Labute approximate surface area is 205 Å². The topological polar surface area (TPSA) is 80.5 Å². The van der Waals surface area contributed by atoms with E-state index in [4.69, 9.17) is 16.0 Å². The lowest BCUT2D eigenvalue weighted by atomic mass is 10.3. The van der Waals surface area contributed by atoms with Crippen LogP contribution in [0.1, 0.15) is 18.6 Å². The Morgan fingerprint density at radius 2 is 1.97 bits per heavy atom. The molecule has 172 valence electrons. The molecule has 0 saturated heterocycles. The molecule has 0 spiro atoms. The quantitative estimate of drug-likeness (QED) is 0.197. The summed E-state index contributed by atoms with van der Waals surface area (Å²) in [6.45, 7) is 0.259. The summed E-state index contributed by atoms with van der Waals surface area (Å²) in [6.07, 6.45) is 3.79. The molecule has 0 aliphatic carbocycles. The average molecular weight is 521 g/mol. The van der Waals surface area contributed by atoms with Crippen LogP contribution < -0.4 is 4.90 Å². The molecule has 1 amide bonds. The number of sulfone groups is 1. The number of carbonyl (C=O) groups excluding carboxylic acids is 1. The summed E-state index contributed by atoms with van der Waals surface area (Å²) in [5.74, 6) is 1.37. The van der Waals surface area contributed by atoms with Crippen LogP contribution in [0.4, 0.5) is 5.13 Å². The average Bonchev–Trinajstić information content (AvgIpc) is 3.44. The number of hydrogen-bond donors (Lipinski definition) is 0. The second-order valence-corrected chi connectivity index (χ2v) is 12.0. The summed E-state index contributed by atoms with van der Waals surface area (Å²) in [4.78, 5) is 20.7. The highest BCUT2D eigenvalue weighted by Gasteiger charge is 2.21. The SMILES string of the molecule is CS(=O)(=O)c1ccc2nc(N(Cc3ccco3)C(=O)CCCSc3ccc(Cl)cc3)sc2c1. The lowest BCUT2D eigenvalue weighted by Gasteiger charge is -2.18. The molecule has 33 heavy (non-hydrogen) atoms. The second kappa shape index (κ2) is 10.3. The third kappa shape index (κ3) is 6.17. The molecule has 4 rings (SSSR count). The Hall–Kier alpha value is -2.33. The molecule has 0 bridgehead atoms. The van der Waals surface area contributed by atoms with E-state index in [1.807, 2.05) is 30.3 Å². The summed E-state index contributed by atoms with van der Waals surface area (Å²) >= 11 is 8.89. The predicted molar refractivity (Wildman–Crippen MR) is 134 cm³/mol. The van der Waals surface area contributed by atoms with E-state index in [1.165, 1.54) is 23.7 Å². The molecule has 10 heteroatoms. The van der Waals surface area contributed by atoms with Gasteiger partial charge in [-0.2, -0.15) is 0 Å². The zero-order valence-corrected chi connectivity index (χ0v) is 20.9. The van der Waals surface area contributed by atoms with Gasteiger partial charge in [-0.05, 0) is 66.8 Å². The Morgan fingerprint density at radius 3 is 2.67 bits per heavy atom. The van der Waals surface area contributed by atoms with E-state index in [0.717, 1.165) is 10.6 Å². The van der Waals surface area contributed by atoms with Crippen LogP contribution in [0.5, 0.6) is 0 Å². The Balaban J connectivity index is 1.49. The van der Waals surface area contributed by atoms with Crippen molar-refractivity contribution in [3.63, 3.8) is 0 Å². The van der Waals surface area contributed by atoms with E-state index in [2.05, 4.69) is 4.98 Å². The molecule has 6 nitrogen and oxygen atoms in total. The van der Waals surface area contributed by atoms with Gasteiger partial charge in [0.1, 0.15) is 5.76 Å². The van der Waals surface area contributed by atoms with Gasteiger partial charge < -0.3 is 4.42 Å². The van der Waals surface area contributed by atoms with Gasteiger partial charge in [0, 0.05) is 22.6 Å². The number of aromatic nitrogens is 1. The smallest absolute Gasteiger partial charge is 0.229 e. The van der Waals surface area contributed by atoms with Gasteiger partial charge in [-0.15, -0.1) is 11.8 Å². The van der Waals surface area contributed by atoms with Crippen LogP contribution in [0.25, 0.3) is 10.2 Å². The zero-order chi connectivity index (χ0) is 23.4. The number of rotatable bonds is 9. The molecule has 4 aromatic rings. The van der Waals surface area contributed by atoms with E-state index in [0.29, 0.717) is 39.0 Å². The summed E-state index contributed by atoms with van der Waals surface area (Å²) in [5, 5.41) is 1.21. The number of nitrogens with zero attached hydrogens (tertiary/aromatic N) is 2. The molecule has 0 atom stereocenters. The fourth-order valence-electron chi connectivity index (χ4n) is 3.14. The Kier molecular flexibility index (Phi) is 7.43. The number of anilines is 1. The zero-order valence-electron chi connectivity index (χ0n) is 17.7. The number of thioether (sulfide) groups is 1. The summed E-state index contributed by atoms with van der Waals surface area (Å²) in [5.41, 5.74) is 0.651. The van der Waals surface area contributed by atoms with Crippen molar-refractivity contribution in [3.8, 4) is 0 Å². The largest absolute Gasteiger partial charge is 0.467 e. The highest BCUT2D eigenvalue weighted by Crippen LogP contribution is 2.32. The Morgan fingerprint density at radius 1 is 1.18 bits per heavy atom. The van der Waals surface area contributed by atoms with Gasteiger partial charge in [-0.1, -0.05) is 22.9 Å². The minimum absolute atomic E-state index is 0.0644. The standard InChI is InChI=1S/C23H21ClN2O4S3/c1-33(28,29)19-10-11-20-21(14-19)32-23(25-20)26(15-17-4-2-12-30-17)22(27)5-3-13-31-18-8-6-16(24)7-9-18/h2,4,6-12,14H,3,5,13,15H2,1H3. The lowest BCUT2D eigenvalue weighted by Crippen LogP contribution is -2.30. The maximum absolute atomic E-state index is 13.2. The van der Waals surface area contributed by atoms with Crippen LogP contribution in [-0.2, 0) is 21.2 Å².